The van der Waals surface area contributed by atoms with Crippen molar-refractivity contribution in [3.63, 3.8) is 0 Å². The minimum atomic E-state index is -0.0969. The van der Waals surface area contributed by atoms with Crippen LogP contribution in [-0.4, -0.2) is 36.2 Å². The summed E-state index contributed by atoms with van der Waals surface area (Å²) in [6, 6.07) is 7.44. The topological polar surface area (TPSA) is 53.9 Å². The molecule has 2 aliphatic rings. The molecule has 0 aliphatic carbocycles. The maximum Gasteiger partial charge on any atom is 0.264 e. The summed E-state index contributed by atoms with van der Waals surface area (Å²) in [4.78, 5) is 20.3. The molecule has 0 saturated carbocycles. The number of hydrogen-bond acceptors (Lipinski definition) is 5. The van der Waals surface area contributed by atoms with E-state index in [1.165, 1.54) is 11.8 Å². The SMILES string of the molecule is COc1ccccc1NC(=O)C1=C(C(C)C)N2CCCN=C2S1.Cl. The molecule has 1 amide bonds. The van der Waals surface area contributed by atoms with Crippen LogP contribution in [0.5, 0.6) is 5.75 Å². The average Bonchev–Trinajstić information content (AvgIpc) is 2.95. The summed E-state index contributed by atoms with van der Waals surface area (Å²) in [6.45, 7) is 6.00. The molecule has 0 bridgehead atoms. The number of allylic oxidation sites excluding steroid dienone is 1. The second-order valence-corrected chi connectivity index (χ2v) is 6.77. The quantitative estimate of drug-likeness (QED) is 0.880. The Morgan fingerprint density at radius 2 is 2.12 bits per heavy atom. The van der Waals surface area contributed by atoms with Gasteiger partial charge in [0.2, 0.25) is 0 Å². The summed E-state index contributed by atoms with van der Waals surface area (Å²) in [5.41, 5.74) is 1.75. The fourth-order valence-electron chi connectivity index (χ4n) is 2.83. The molecule has 0 radical (unpaired) electrons. The third-order valence-electron chi connectivity index (χ3n) is 3.84. The number of anilines is 1. The molecule has 0 fully saturated rings. The van der Waals surface area contributed by atoms with E-state index in [4.69, 9.17) is 4.74 Å². The van der Waals surface area contributed by atoms with E-state index in [9.17, 15) is 4.79 Å². The Morgan fingerprint density at radius 3 is 2.83 bits per heavy atom. The van der Waals surface area contributed by atoms with Gasteiger partial charge >= 0.3 is 0 Å². The number of methoxy groups -OCH3 is 1. The molecule has 1 aromatic carbocycles. The standard InChI is InChI=1S/C17H21N3O2S.ClH/c1-11(2)14-15(23-17-18-9-6-10-20(14)17)16(21)19-12-7-4-5-8-13(12)22-3;/h4-5,7-8,11H,6,9-10H2,1-3H3,(H,19,21);1H. The minimum absolute atomic E-state index is 0. The zero-order chi connectivity index (χ0) is 16.4. The molecular formula is C17H22ClN3O2S. The van der Waals surface area contributed by atoms with E-state index in [0.29, 0.717) is 11.4 Å². The third kappa shape index (κ3) is 3.54. The fraction of sp³-hybridized carbons (Fsp3) is 0.412. The van der Waals surface area contributed by atoms with Gasteiger partial charge in [-0.25, -0.2) is 0 Å². The molecular weight excluding hydrogens is 346 g/mol. The molecule has 2 aliphatic heterocycles. The first-order chi connectivity index (χ1) is 11.1. The summed E-state index contributed by atoms with van der Waals surface area (Å²) < 4.78 is 5.31. The first-order valence-corrected chi connectivity index (χ1v) is 8.62. The van der Waals surface area contributed by atoms with Gasteiger partial charge in [0.15, 0.2) is 5.17 Å². The monoisotopic (exact) mass is 367 g/mol. The van der Waals surface area contributed by atoms with Crippen LogP contribution in [0.4, 0.5) is 5.69 Å². The van der Waals surface area contributed by atoms with E-state index in [0.717, 1.165) is 35.3 Å². The largest absolute Gasteiger partial charge is 0.495 e. The summed E-state index contributed by atoms with van der Waals surface area (Å²) in [5, 5.41) is 3.92. The Hall–Kier alpha value is -1.66. The molecule has 24 heavy (non-hydrogen) atoms. The van der Waals surface area contributed by atoms with Crippen LogP contribution in [-0.2, 0) is 4.79 Å². The maximum atomic E-state index is 12.8. The number of amidine groups is 1. The smallest absolute Gasteiger partial charge is 0.264 e. The van der Waals surface area contributed by atoms with Gasteiger partial charge in [0.25, 0.3) is 5.91 Å². The van der Waals surface area contributed by atoms with Crippen molar-refractivity contribution < 1.29 is 9.53 Å². The zero-order valence-corrected chi connectivity index (χ0v) is 15.7. The van der Waals surface area contributed by atoms with Crippen LogP contribution in [0.3, 0.4) is 0 Å². The molecule has 130 valence electrons. The van der Waals surface area contributed by atoms with E-state index in [1.807, 2.05) is 24.3 Å². The molecule has 0 atom stereocenters. The van der Waals surface area contributed by atoms with Crippen molar-refractivity contribution in [3.8, 4) is 5.75 Å². The van der Waals surface area contributed by atoms with Crippen LogP contribution in [0.2, 0.25) is 0 Å². The molecule has 1 N–H and O–H groups in total. The second-order valence-electron chi connectivity index (χ2n) is 5.80. The van der Waals surface area contributed by atoms with Crippen molar-refractivity contribution >= 4 is 40.9 Å². The van der Waals surface area contributed by atoms with E-state index in [-0.39, 0.29) is 24.2 Å². The van der Waals surface area contributed by atoms with Crippen molar-refractivity contribution in [1.82, 2.24) is 4.90 Å². The number of nitrogens with one attached hydrogen (secondary N) is 1. The molecule has 0 saturated heterocycles. The Bertz CT molecular complexity index is 688. The average molecular weight is 368 g/mol. The Labute approximate surface area is 153 Å². The number of thioether (sulfide) groups is 1. The van der Waals surface area contributed by atoms with Crippen LogP contribution >= 0.6 is 24.2 Å². The van der Waals surface area contributed by atoms with Crippen LogP contribution < -0.4 is 10.1 Å². The predicted molar refractivity (Wildman–Crippen MR) is 102 cm³/mol. The highest BCUT2D eigenvalue weighted by atomic mass is 35.5. The minimum Gasteiger partial charge on any atom is -0.495 e. The number of carbonyl (C=O) groups is 1. The van der Waals surface area contributed by atoms with Crippen molar-refractivity contribution in [1.29, 1.82) is 0 Å². The highest BCUT2D eigenvalue weighted by Gasteiger charge is 2.35. The second kappa shape index (κ2) is 7.94. The molecule has 0 unspecified atom stereocenters. The molecule has 7 heteroatoms. The van der Waals surface area contributed by atoms with Crippen LogP contribution in [0.1, 0.15) is 20.3 Å². The van der Waals surface area contributed by atoms with E-state index in [1.54, 1.807) is 7.11 Å². The van der Waals surface area contributed by atoms with Crippen LogP contribution in [0.25, 0.3) is 0 Å². The van der Waals surface area contributed by atoms with Crippen molar-refractivity contribution in [3.05, 3.63) is 34.9 Å². The molecule has 2 heterocycles. The number of amides is 1. The van der Waals surface area contributed by atoms with Gasteiger partial charge in [0.1, 0.15) is 10.7 Å². The maximum absolute atomic E-state index is 12.8. The number of carbonyl (C=O) groups excluding carboxylic acids is 1. The number of rotatable bonds is 4. The van der Waals surface area contributed by atoms with Gasteiger partial charge in [-0.05, 0) is 36.2 Å². The lowest BCUT2D eigenvalue weighted by atomic mass is 10.1. The van der Waals surface area contributed by atoms with Gasteiger partial charge in [-0.3, -0.25) is 9.79 Å². The summed E-state index contributed by atoms with van der Waals surface area (Å²) >= 11 is 1.47. The molecule has 0 aromatic heterocycles. The summed E-state index contributed by atoms with van der Waals surface area (Å²) in [7, 11) is 1.60. The number of para-hydroxylation sites is 2. The first kappa shape index (κ1) is 18.7. The Morgan fingerprint density at radius 1 is 1.38 bits per heavy atom. The van der Waals surface area contributed by atoms with Crippen molar-refractivity contribution in [2.75, 3.05) is 25.5 Å². The van der Waals surface area contributed by atoms with E-state index >= 15 is 0 Å². The number of benzene rings is 1. The number of aliphatic imine (C=N–C) groups is 1. The number of halogens is 1. The molecule has 1 aromatic rings. The molecule has 3 rings (SSSR count). The van der Waals surface area contributed by atoms with Gasteiger partial charge in [-0.1, -0.05) is 26.0 Å². The van der Waals surface area contributed by atoms with E-state index < -0.39 is 0 Å². The highest BCUT2D eigenvalue weighted by Crippen LogP contribution is 2.40. The van der Waals surface area contributed by atoms with Gasteiger partial charge in [-0.2, -0.15) is 0 Å². The van der Waals surface area contributed by atoms with E-state index in [2.05, 4.69) is 29.1 Å². The number of nitrogens with zero attached hydrogens (tertiary/aromatic N) is 2. The van der Waals surface area contributed by atoms with Gasteiger partial charge in [0.05, 0.1) is 12.8 Å². The molecule has 0 spiro atoms. The number of hydrogen-bond donors (Lipinski definition) is 1. The first-order valence-electron chi connectivity index (χ1n) is 7.80. The molecule has 5 nitrogen and oxygen atoms in total. The lowest BCUT2D eigenvalue weighted by Gasteiger charge is -2.27. The summed E-state index contributed by atoms with van der Waals surface area (Å²) in [6.07, 6.45) is 1.03. The number of ether oxygens (including phenoxy) is 1. The van der Waals surface area contributed by atoms with Gasteiger partial charge < -0.3 is 15.0 Å². The summed E-state index contributed by atoms with van der Waals surface area (Å²) in [5.74, 6) is 0.831. The Balaban J connectivity index is 0.00000208. The lowest BCUT2D eigenvalue weighted by molar-refractivity contribution is -0.112. The van der Waals surface area contributed by atoms with Crippen molar-refractivity contribution in [2.45, 2.75) is 20.3 Å². The third-order valence-corrected chi connectivity index (χ3v) is 4.97. The van der Waals surface area contributed by atoms with Gasteiger partial charge in [-0.15, -0.1) is 12.4 Å². The highest BCUT2D eigenvalue weighted by molar-refractivity contribution is 8.18. The van der Waals surface area contributed by atoms with Crippen LogP contribution in [0.15, 0.2) is 39.9 Å². The lowest BCUT2D eigenvalue weighted by Crippen LogP contribution is -2.31. The normalized spacial score (nSPS) is 16.5. The Kier molecular flexibility index (Phi) is 6.18. The number of fused-ring (bicyclic) bond motifs is 1. The van der Waals surface area contributed by atoms with Crippen LogP contribution in [0, 0.1) is 5.92 Å². The fourth-order valence-corrected chi connectivity index (χ4v) is 4.06. The van der Waals surface area contributed by atoms with Crippen molar-refractivity contribution in [2.24, 2.45) is 10.9 Å². The zero-order valence-electron chi connectivity index (χ0n) is 14.0. The van der Waals surface area contributed by atoms with Gasteiger partial charge in [0, 0.05) is 18.8 Å². The predicted octanol–water partition coefficient (Wildman–Crippen LogP) is 3.73.